The fraction of sp³-hybridized carbons (Fsp3) is 0.444. The molecule has 0 bridgehead atoms. The number of likely N-dealkylation sites (tertiary alicyclic amines) is 1. The molecule has 126 valence electrons. The minimum atomic E-state index is 0.148. The molecule has 0 aliphatic carbocycles. The lowest BCUT2D eigenvalue weighted by Gasteiger charge is -2.32. The molecule has 0 N–H and O–H groups in total. The summed E-state index contributed by atoms with van der Waals surface area (Å²) in [5.41, 5.74) is 1.62. The van der Waals surface area contributed by atoms with Crippen molar-refractivity contribution in [3.63, 3.8) is 0 Å². The van der Waals surface area contributed by atoms with Crippen molar-refractivity contribution in [2.75, 3.05) is 13.1 Å². The molecule has 0 radical (unpaired) electrons. The van der Waals surface area contributed by atoms with Crippen molar-refractivity contribution < 1.29 is 9.53 Å². The van der Waals surface area contributed by atoms with Gasteiger partial charge >= 0.3 is 0 Å². The number of aromatic nitrogens is 3. The van der Waals surface area contributed by atoms with Gasteiger partial charge in [0.1, 0.15) is 5.69 Å². The Hall–Kier alpha value is -2.50. The zero-order valence-electron chi connectivity index (χ0n) is 14.1. The van der Waals surface area contributed by atoms with E-state index in [4.69, 9.17) is 4.74 Å². The number of ether oxygens (including phenoxy) is 1. The van der Waals surface area contributed by atoms with Crippen molar-refractivity contribution in [3.8, 4) is 11.6 Å². The Balaban J connectivity index is 1.84. The third kappa shape index (κ3) is 3.53. The summed E-state index contributed by atoms with van der Waals surface area (Å²) < 4.78 is 5.98. The second-order valence-electron chi connectivity index (χ2n) is 5.97. The van der Waals surface area contributed by atoms with Crippen molar-refractivity contribution in [1.29, 1.82) is 0 Å². The fourth-order valence-electron chi connectivity index (χ4n) is 3.03. The number of carbonyl (C=O) groups excluding carboxylic acids is 1. The lowest BCUT2D eigenvalue weighted by atomic mass is 9.94. The molecule has 1 amide bonds. The van der Waals surface area contributed by atoms with Gasteiger partial charge in [0, 0.05) is 44.0 Å². The maximum absolute atomic E-state index is 12.0. The molecule has 0 spiro atoms. The Labute approximate surface area is 141 Å². The van der Waals surface area contributed by atoms with Gasteiger partial charge in [-0.3, -0.25) is 14.8 Å². The standard InChI is InChI=1S/C18H22N4O2/c1-3-16(23)22-11-5-6-14(12-22)17-18(21-10-9-20-17)24-15-7-4-8-19-13(15)2/h4,7-10,14H,3,5-6,11-12H2,1-2H3. The fourth-order valence-corrected chi connectivity index (χ4v) is 3.03. The van der Waals surface area contributed by atoms with E-state index in [9.17, 15) is 4.79 Å². The topological polar surface area (TPSA) is 68.2 Å². The van der Waals surface area contributed by atoms with Gasteiger partial charge in [-0.15, -0.1) is 0 Å². The molecule has 1 saturated heterocycles. The third-order valence-corrected chi connectivity index (χ3v) is 4.32. The number of carbonyl (C=O) groups is 1. The van der Waals surface area contributed by atoms with Crippen LogP contribution >= 0.6 is 0 Å². The van der Waals surface area contributed by atoms with E-state index in [0.29, 0.717) is 24.6 Å². The van der Waals surface area contributed by atoms with Crippen LogP contribution in [0.4, 0.5) is 0 Å². The second kappa shape index (κ2) is 7.38. The smallest absolute Gasteiger partial charge is 0.241 e. The minimum Gasteiger partial charge on any atom is -0.435 e. The first kappa shape index (κ1) is 16.4. The van der Waals surface area contributed by atoms with Crippen LogP contribution in [0.2, 0.25) is 0 Å². The van der Waals surface area contributed by atoms with E-state index in [1.807, 2.05) is 30.9 Å². The molecule has 6 nitrogen and oxygen atoms in total. The van der Waals surface area contributed by atoms with E-state index in [2.05, 4.69) is 15.0 Å². The van der Waals surface area contributed by atoms with E-state index < -0.39 is 0 Å². The lowest BCUT2D eigenvalue weighted by molar-refractivity contribution is -0.132. The molecule has 6 heteroatoms. The molecule has 0 aromatic carbocycles. The third-order valence-electron chi connectivity index (χ3n) is 4.32. The zero-order chi connectivity index (χ0) is 16.9. The first-order chi connectivity index (χ1) is 11.7. The molecule has 1 fully saturated rings. The van der Waals surface area contributed by atoms with E-state index in [0.717, 1.165) is 30.8 Å². The number of rotatable bonds is 4. The average Bonchev–Trinajstić information content (AvgIpc) is 2.63. The summed E-state index contributed by atoms with van der Waals surface area (Å²) >= 11 is 0. The van der Waals surface area contributed by atoms with Gasteiger partial charge in [-0.25, -0.2) is 4.98 Å². The molecule has 1 aliphatic heterocycles. The first-order valence-corrected chi connectivity index (χ1v) is 8.37. The average molecular weight is 326 g/mol. The van der Waals surface area contributed by atoms with Gasteiger partial charge in [0.15, 0.2) is 5.75 Å². The summed E-state index contributed by atoms with van der Waals surface area (Å²) in [5, 5.41) is 0. The monoisotopic (exact) mass is 326 g/mol. The number of amides is 1. The Morgan fingerprint density at radius 1 is 1.29 bits per heavy atom. The summed E-state index contributed by atoms with van der Waals surface area (Å²) in [6.45, 7) is 5.29. The molecule has 3 heterocycles. The van der Waals surface area contributed by atoms with Gasteiger partial charge in [-0.2, -0.15) is 0 Å². The van der Waals surface area contributed by atoms with Crippen LogP contribution in [0.1, 0.15) is 43.5 Å². The highest BCUT2D eigenvalue weighted by molar-refractivity contribution is 5.76. The van der Waals surface area contributed by atoms with Crippen LogP contribution in [0, 0.1) is 6.92 Å². The molecule has 1 unspecified atom stereocenters. The van der Waals surface area contributed by atoms with E-state index in [-0.39, 0.29) is 11.8 Å². The predicted molar refractivity (Wildman–Crippen MR) is 89.9 cm³/mol. The number of hydrogen-bond acceptors (Lipinski definition) is 5. The van der Waals surface area contributed by atoms with Gasteiger partial charge in [0.2, 0.25) is 11.8 Å². The van der Waals surface area contributed by atoms with Gasteiger partial charge in [0.25, 0.3) is 0 Å². The Morgan fingerprint density at radius 3 is 2.92 bits per heavy atom. The van der Waals surface area contributed by atoms with Crippen molar-refractivity contribution >= 4 is 5.91 Å². The number of pyridine rings is 1. The maximum Gasteiger partial charge on any atom is 0.241 e. The van der Waals surface area contributed by atoms with Crippen LogP contribution in [0.3, 0.4) is 0 Å². The van der Waals surface area contributed by atoms with Crippen LogP contribution in [0.15, 0.2) is 30.7 Å². The molecule has 3 rings (SSSR count). The van der Waals surface area contributed by atoms with Crippen LogP contribution in [-0.2, 0) is 4.79 Å². The molecule has 2 aromatic heterocycles. The van der Waals surface area contributed by atoms with E-state index >= 15 is 0 Å². The molecule has 1 aliphatic rings. The molecule has 2 aromatic rings. The second-order valence-corrected chi connectivity index (χ2v) is 5.97. The molecule has 24 heavy (non-hydrogen) atoms. The molecular formula is C18H22N4O2. The summed E-state index contributed by atoms with van der Waals surface area (Å²) in [5.74, 6) is 1.52. The van der Waals surface area contributed by atoms with Gasteiger partial charge < -0.3 is 9.64 Å². The Kier molecular flexibility index (Phi) is 5.03. The Morgan fingerprint density at radius 2 is 2.12 bits per heavy atom. The van der Waals surface area contributed by atoms with Crippen molar-refractivity contribution in [1.82, 2.24) is 19.9 Å². The number of hydrogen-bond donors (Lipinski definition) is 0. The van der Waals surface area contributed by atoms with Crippen LogP contribution < -0.4 is 4.74 Å². The van der Waals surface area contributed by atoms with Gasteiger partial charge in [0.05, 0.1) is 5.69 Å². The summed E-state index contributed by atoms with van der Waals surface area (Å²) in [6, 6.07) is 3.70. The van der Waals surface area contributed by atoms with Gasteiger partial charge in [-0.1, -0.05) is 6.92 Å². The summed E-state index contributed by atoms with van der Waals surface area (Å²) in [7, 11) is 0. The van der Waals surface area contributed by atoms with E-state index in [1.54, 1.807) is 18.6 Å². The highest BCUT2D eigenvalue weighted by Gasteiger charge is 2.27. The van der Waals surface area contributed by atoms with Crippen molar-refractivity contribution in [3.05, 3.63) is 42.1 Å². The number of piperidine rings is 1. The number of aryl methyl sites for hydroxylation is 1. The maximum atomic E-state index is 12.0. The predicted octanol–water partition coefficient (Wildman–Crippen LogP) is 3.09. The molecule has 1 atom stereocenters. The highest BCUT2D eigenvalue weighted by Crippen LogP contribution is 2.33. The molecular weight excluding hydrogens is 304 g/mol. The number of nitrogens with zero attached hydrogens (tertiary/aromatic N) is 4. The van der Waals surface area contributed by atoms with Crippen LogP contribution in [-0.4, -0.2) is 38.8 Å². The zero-order valence-corrected chi connectivity index (χ0v) is 14.1. The minimum absolute atomic E-state index is 0.148. The summed E-state index contributed by atoms with van der Waals surface area (Å²) in [6.07, 6.45) is 7.52. The quantitative estimate of drug-likeness (QED) is 0.863. The summed E-state index contributed by atoms with van der Waals surface area (Å²) in [4.78, 5) is 27.0. The SMILES string of the molecule is CCC(=O)N1CCCC(c2nccnc2Oc2cccnc2C)C1. The normalized spacial score (nSPS) is 17.6. The first-order valence-electron chi connectivity index (χ1n) is 8.37. The van der Waals surface area contributed by atoms with Crippen LogP contribution in [0.25, 0.3) is 0 Å². The van der Waals surface area contributed by atoms with Gasteiger partial charge in [-0.05, 0) is 31.9 Å². The lowest BCUT2D eigenvalue weighted by Crippen LogP contribution is -2.39. The largest absolute Gasteiger partial charge is 0.435 e. The van der Waals surface area contributed by atoms with E-state index in [1.165, 1.54) is 0 Å². The van der Waals surface area contributed by atoms with Crippen molar-refractivity contribution in [2.24, 2.45) is 0 Å². The Bertz CT molecular complexity index is 720. The molecule has 0 saturated carbocycles. The van der Waals surface area contributed by atoms with Crippen molar-refractivity contribution in [2.45, 2.75) is 39.0 Å². The highest BCUT2D eigenvalue weighted by atomic mass is 16.5. The van der Waals surface area contributed by atoms with Crippen LogP contribution in [0.5, 0.6) is 11.6 Å².